The van der Waals surface area contributed by atoms with Crippen molar-refractivity contribution < 1.29 is 9.47 Å². The maximum absolute atomic E-state index is 5.82. The monoisotopic (exact) mass is 214 g/mol. The molecule has 0 N–H and O–H groups in total. The molecule has 0 aliphatic carbocycles. The second-order valence-corrected chi connectivity index (χ2v) is 4.50. The summed E-state index contributed by atoms with van der Waals surface area (Å²) in [6, 6.07) is 14.4. The fraction of sp³-hybridized carbons (Fsp3) is 0.286. The topological polar surface area (TPSA) is 21.8 Å². The van der Waals surface area contributed by atoms with Crippen molar-refractivity contribution in [2.45, 2.75) is 12.5 Å². The van der Waals surface area contributed by atoms with Crippen molar-refractivity contribution in [2.24, 2.45) is 0 Å². The van der Waals surface area contributed by atoms with E-state index >= 15 is 0 Å². The van der Waals surface area contributed by atoms with Crippen molar-refractivity contribution in [1.29, 1.82) is 0 Å². The minimum atomic E-state index is -0.0586. The Labute approximate surface area is 94.8 Å². The number of fused-ring (bicyclic) bond motifs is 1. The first-order chi connectivity index (χ1) is 7.77. The van der Waals surface area contributed by atoms with E-state index in [1.807, 2.05) is 24.3 Å². The first-order valence-corrected chi connectivity index (χ1v) is 5.51. The van der Waals surface area contributed by atoms with Crippen LogP contribution in [0.3, 0.4) is 0 Å². The molecule has 0 saturated carbocycles. The molecule has 2 aromatic rings. The summed E-state index contributed by atoms with van der Waals surface area (Å²) in [4.78, 5) is 0. The van der Waals surface area contributed by atoms with E-state index < -0.39 is 0 Å². The normalized spacial score (nSPS) is 23.3. The van der Waals surface area contributed by atoms with Gasteiger partial charge in [-0.05, 0) is 18.4 Å². The maximum atomic E-state index is 5.82. The van der Waals surface area contributed by atoms with Gasteiger partial charge in [-0.2, -0.15) is 0 Å². The molecule has 16 heavy (non-hydrogen) atoms. The molecule has 2 nitrogen and oxygen atoms in total. The van der Waals surface area contributed by atoms with Crippen LogP contribution >= 0.6 is 0 Å². The highest BCUT2D eigenvalue weighted by molar-refractivity contribution is 5.88. The smallest absolute Gasteiger partial charge is 0.127 e. The van der Waals surface area contributed by atoms with Gasteiger partial charge in [0.25, 0.3) is 0 Å². The molecule has 2 aromatic carbocycles. The van der Waals surface area contributed by atoms with Crippen molar-refractivity contribution in [3.63, 3.8) is 0 Å². The molecule has 0 aromatic heterocycles. The minimum Gasteiger partial charge on any atom is -0.490 e. The van der Waals surface area contributed by atoms with E-state index in [-0.39, 0.29) is 5.60 Å². The Balaban J connectivity index is 1.90. The van der Waals surface area contributed by atoms with Crippen LogP contribution in [-0.4, -0.2) is 18.8 Å². The molecule has 82 valence electrons. The van der Waals surface area contributed by atoms with Crippen molar-refractivity contribution in [1.82, 2.24) is 0 Å². The highest BCUT2D eigenvalue weighted by Crippen LogP contribution is 2.30. The van der Waals surface area contributed by atoms with Gasteiger partial charge in [-0.3, -0.25) is 0 Å². The van der Waals surface area contributed by atoms with Gasteiger partial charge in [0.1, 0.15) is 18.0 Å². The molecule has 1 heterocycles. The van der Waals surface area contributed by atoms with Crippen LogP contribution in [0.15, 0.2) is 42.5 Å². The first kappa shape index (κ1) is 9.67. The highest BCUT2D eigenvalue weighted by Gasteiger charge is 2.40. The summed E-state index contributed by atoms with van der Waals surface area (Å²) in [5.74, 6) is 0.940. The highest BCUT2D eigenvalue weighted by atomic mass is 16.6. The van der Waals surface area contributed by atoms with E-state index in [1.54, 1.807) is 0 Å². The predicted molar refractivity (Wildman–Crippen MR) is 63.8 cm³/mol. The predicted octanol–water partition coefficient (Wildman–Crippen LogP) is 3.01. The molecule has 0 bridgehead atoms. The Hall–Kier alpha value is -1.54. The molecule has 1 aliphatic rings. The number of hydrogen-bond acceptors (Lipinski definition) is 2. The van der Waals surface area contributed by atoms with E-state index in [1.165, 1.54) is 5.39 Å². The van der Waals surface area contributed by atoms with Crippen LogP contribution in [0, 0.1) is 0 Å². The zero-order valence-corrected chi connectivity index (χ0v) is 9.27. The average molecular weight is 214 g/mol. The van der Waals surface area contributed by atoms with E-state index in [4.69, 9.17) is 9.47 Å². The molecule has 1 atom stereocenters. The number of rotatable bonds is 3. The van der Waals surface area contributed by atoms with Crippen LogP contribution in [0.25, 0.3) is 10.8 Å². The van der Waals surface area contributed by atoms with Gasteiger partial charge in [0, 0.05) is 5.39 Å². The van der Waals surface area contributed by atoms with Gasteiger partial charge in [0.2, 0.25) is 0 Å². The largest absolute Gasteiger partial charge is 0.490 e. The second-order valence-electron chi connectivity index (χ2n) is 4.50. The summed E-state index contributed by atoms with van der Waals surface area (Å²) in [7, 11) is 0. The van der Waals surface area contributed by atoms with Crippen LogP contribution in [0.5, 0.6) is 5.75 Å². The lowest BCUT2D eigenvalue weighted by atomic mass is 10.1. The summed E-state index contributed by atoms with van der Waals surface area (Å²) in [6.07, 6.45) is 0. The van der Waals surface area contributed by atoms with Crippen LogP contribution in [-0.2, 0) is 4.74 Å². The molecule has 1 unspecified atom stereocenters. The number of benzene rings is 2. The van der Waals surface area contributed by atoms with Gasteiger partial charge < -0.3 is 9.47 Å². The minimum absolute atomic E-state index is 0.0586. The van der Waals surface area contributed by atoms with Crippen LogP contribution in [0.1, 0.15) is 6.92 Å². The quantitative estimate of drug-likeness (QED) is 0.732. The molecule has 1 saturated heterocycles. The molecular weight excluding hydrogens is 200 g/mol. The third kappa shape index (κ3) is 1.76. The molecule has 0 amide bonds. The lowest BCUT2D eigenvalue weighted by Crippen LogP contribution is -2.16. The first-order valence-electron chi connectivity index (χ1n) is 5.51. The van der Waals surface area contributed by atoms with Gasteiger partial charge in [0.05, 0.1) is 6.61 Å². The lowest BCUT2D eigenvalue weighted by molar-refractivity contribution is 0.204. The molecule has 1 aliphatic heterocycles. The molecule has 2 heteroatoms. The molecular formula is C14H14O2. The number of hydrogen-bond donors (Lipinski definition) is 0. The summed E-state index contributed by atoms with van der Waals surface area (Å²) >= 11 is 0. The van der Waals surface area contributed by atoms with Crippen LogP contribution in [0.4, 0.5) is 0 Å². The van der Waals surface area contributed by atoms with Crippen molar-refractivity contribution in [2.75, 3.05) is 13.2 Å². The Kier molecular flexibility index (Phi) is 2.11. The number of ether oxygens (including phenoxy) is 2. The summed E-state index contributed by atoms with van der Waals surface area (Å²) in [6.45, 7) is 3.50. The van der Waals surface area contributed by atoms with Crippen LogP contribution < -0.4 is 4.74 Å². The third-order valence-corrected chi connectivity index (χ3v) is 2.92. The SMILES string of the molecule is CC1(COc2cccc3ccccc23)CO1. The zero-order valence-electron chi connectivity index (χ0n) is 9.27. The van der Waals surface area contributed by atoms with E-state index in [0.717, 1.165) is 17.7 Å². The Morgan fingerprint density at radius 1 is 1.19 bits per heavy atom. The van der Waals surface area contributed by atoms with E-state index in [2.05, 4.69) is 25.1 Å². The van der Waals surface area contributed by atoms with Gasteiger partial charge in [-0.15, -0.1) is 0 Å². The number of epoxide rings is 1. The Bertz CT molecular complexity index is 510. The van der Waals surface area contributed by atoms with Gasteiger partial charge in [-0.25, -0.2) is 0 Å². The Morgan fingerprint density at radius 3 is 2.75 bits per heavy atom. The Morgan fingerprint density at radius 2 is 1.94 bits per heavy atom. The zero-order chi connectivity index (χ0) is 11.0. The summed E-state index contributed by atoms with van der Waals surface area (Å²) in [5, 5.41) is 2.37. The van der Waals surface area contributed by atoms with Crippen molar-refractivity contribution >= 4 is 10.8 Å². The van der Waals surface area contributed by atoms with E-state index in [0.29, 0.717) is 6.61 Å². The van der Waals surface area contributed by atoms with Gasteiger partial charge in [0.15, 0.2) is 0 Å². The standard InChI is InChI=1S/C14H14O2/c1-14(10-16-14)9-15-13-8-4-6-11-5-2-3-7-12(11)13/h2-8H,9-10H2,1H3. The molecule has 0 spiro atoms. The van der Waals surface area contributed by atoms with Crippen molar-refractivity contribution in [3.05, 3.63) is 42.5 Å². The molecule has 3 rings (SSSR count). The van der Waals surface area contributed by atoms with Gasteiger partial charge in [-0.1, -0.05) is 36.4 Å². The van der Waals surface area contributed by atoms with Crippen molar-refractivity contribution in [3.8, 4) is 5.75 Å². The average Bonchev–Trinajstić information content (AvgIpc) is 3.05. The molecule has 1 fully saturated rings. The van der Waals surface area contributed by atoms with E-state index in [9.17, 15) is 0 Å². The summed E-state index contributed by atoms with van der Waals surface area (Å²) in [5.41, 5.74) is -0.0586. The third-order valence-electron chi connectivity index (χ3n) is 2.92. The summed E-state index contributed by atoms with van der Waals surface area (Å²) < 4.78 is 11.1. The van der Waals surface area contributed by atoms with Crippen LogP contribution in [0.2, 0.25) is 0 Å². The second kappa shape index (κ2) is 3.49. The van der Waals surface area contributed by atoms with Gasteiger partial charge >= 0.3 is 0 Å². The maximum Gasteiger partial charge on any atom is 0.127 e. The fourth-order valence-corrected chi connectivity index (χ4v) is 1.76. The fourth-order valence-electron chi connectivity index (χ4n) is 1.76. The molecule has 0 radical (unpaired) electrons. The lowest BCUT2D eigenvalue weighted by Gasteiger charge is -2.11.